The molecular weight excluding hydrogens is 695 g/mol. The predicted octanol–water partition coefficient (Wildman–Crippen LogP) is 8.85. The molecule has 1 amide bonds. The number of esters is 1. The van der Waals surface area contributed by atoms with Crippen molar-refractivity contribution in [3.8, 4) is 34.0 Å². The van der Waals surface area contributed by atoms with Crippen LogP contribution in [0.5, 0.6) is 11.6 Å². The van der Waals surface area contributed by atoms with Gasteiger partial charge in [-0.1, -0.05) is 99.0 Å². The van der Waals surface area contributed by atoms with Crippen LogP contribution in [-0.2, 0) is 31.9 Å². The number of ether oxygens (including phenoxy) is 4. The predicted molar refractivity (Wildman–Crippen MR) is 216 cm³/mol. The number of hydrogen-bond donors (Lipinski definition) is 1. The first kappa shape index (κ1) is 42.5. The quantitative estimate of drug-likeness (QED) is 0.0426. The maximum Gasteiger partial charge on any atom is 0.409 e. The molecule has 55 heavy (non-hydrogen) atoms. The molecule has 1 unspecified atom stereocenters. The third-order valence-corrected chi connectivity index (χ3v) is 9.14. The average Bonchev–Trinajstić information content (AvgIpc) is 3.21. The number of nitrogens with one attached hydrogen (secondary N) is 1. The van der Waals surface area contributed by atoms with Crippen molar-refractivity contribution in [3.63, 3.8) is 0 Å². The van der Waals surface area contributed by atoms with Crippen molar-refractivity contribution in [3.05, 3.63) is 102 Å². The van der Waals surface area contributed by atoms with Gasteiger partial charge in [0, 0.05) is 24.5 Å². The minimum Gasteiger partial charge on any atom is -0.493 e. The second-order valence-corrected chi connectivity index (χ2v) is 13.8. The van der Waals surface area contributed by atoms with Crippen LogP contribution in [0.15, 0.2) is 91.0 Å². The standard InChI is InChI=1S/C45H57N3O7/c1-5-18-39(47-45(51)55-33-48(2)3)41(49)25-17-30-53-42-26-16-24-35(38(42)27-28-44(50)52-4)21-10-6-7-15-29-54-43-32-37(34-19-11-8-12-20-34)31-40(46-43)36-22-13-9-14-23-36/h8-9,11-14,16,19-20,22-24,26,31-32,39H,5-7,10,15,17-18,21,25,27-30,33H2,1-4H3,(H,47,51). The molecule has 10 heteroatoms. The minimum atomic E-state index is -0.600. The lowest BCUT2D eigenvalue weighted by Gasteiger charge is -2.18. The molecule has 1 atom stereocenters. The van der Waals surface area contributed by atoms with E-state index in [1.54, 1.807) is 19.0 Å². The third-order valence-electron chi connectivity index (χ3n) is 9.14. The van der Waals surface area contributed by atoms with E-state index in [1.807, 2.05) is 61.5 Å². The van der Waals surface area contributed by atoms with Gasteiger partial charge in [0.1, 0.15) is 12.5 Å². The van der Waals surface area contributed by atoms with Crippen LogP contribution in [0.2, 0.25) is 0 Å². The second-order valence-electron chi connectivity index (χ2n) is 13.8. The summed E-state index contributed by atoms with van der Waals surface area (Å²) < 4.78 is 22.5. The number of ketones is 1. The van der Waals surface area contributed by atoms with Crippen LogP contribution in [0.3, 0.4) is 0 Å². The lowest BCUT2D eigenvalue weighted by Crippen LogP contribution is -2.42. The highest BCUT2D eigenvalue weighted by Crippen LogP contribution is 2.29. The molecule has 1 aromatic heterocycles. The number of amides is 1. The Bertz CT molecular complexity index is 1710. The number of aryl methyl sites for hydroxylation is 1. The number of unbranched alkanes of at least 4 members (excludes halogenated alkanes) is 3. The van der Waals surface area contributed by atoms with Crippen molar-refractivity contribution in [2.75, 3.05) is 41.1 Å². The first-order valence-corrected chi connectivity index (χ1v) is 19.4. The molecule has 1 heterocycles. The Hall–Kier alpha value is -5.22. The normalized spacial score (nSPS) is 11.5. The number of aromatic nitrogens is 1. The zero-order valence-electron chi connectivity index (χ0n) is 32.9. The monoisotopic (exact) mass is 751 g/mol. The third kappa shape index (κ3) is 14.9. The second kappa shape index (κ2) is 23.5. The van der Waals surface area contributed by atoms with Crippen LogP contribution < -0.4 is 14.8 Å². The smallest absolute Gasteiger partial charge is 0.409 e. The summed E-state index contributed by atoms with van der Waals surface area (Å²) in [5.74, 6) is 1.02. The van der Waals surface area contributed by atoms with Crippen molar-refractivity contribution >= 4 is 17.8 Å². The fourth-order valence-corrected chi connectivity index (χ4v) is 6.25. The van der Waals surface area contributed by atoms with Gasteiger partial charge in [0.15, 0.2) is 5.78 Å². The molecule has 4 rings (SSSR count). The molecule has 294 valence electrons. The number of carbonyl (C=O) groups excluding carboxylic acids is 3. The number of methoxy groups -OCH3 is 1. The van der Waals surface area contributed by atoms with Gasteiger partial charge in [-0.25, -0.2) is 9.78 Å². The Balaban J connectivity index is 1.27. The van der Waals surface area contributed by atoms with Crippen molar-refractivity contribution in [2.24, 2.45) is 0 Å². The highest BCUT2D eigenvalue weighted by atomic mass is 16.6. The van der Waals surface area contributed by atoms with Crippen molar-refractivity contribution in [1.82, 2.24) is 15.2 Å². The molecule has 3 aromatic carbocycles. The van der Waals surface area contributed by atoms with E-state index < -0.39 is 12.1 Å². The van der Waals surface area contributed by atoms with Crippen LogP contribution in [0, 0.1) is 0 Å². The summed E-state index contributed by atoms with van der Waals surface area (Å²) in [5, 5.41) is 2.71. The number of alkyl carbamates (subject to hydrolysis) is 1. The first-order valence-electron chi connectivity index (χ1n) is 19.4. The van der Waals surface area contributed by atoms with Crippen molar-refractivity contribution in [2.45, 2.75) is 83.6 Å². The van der Waals surface area contributed by atoms with Gasteiger partial charge in [-0.3, -0.25) is 14.5 Å². The minimum absolute atomic E-state index is 0.0498. The van der Waals surface area contributed by atoms with Crippen LogP contribution in [-0.4, -0.2) is 74.9 Å². The SMILES string of the molecule is CCCC(NC(=O)OCN(C)C)C(=O)CCCOc1cccc(CCCCCCOc2cc(-c3ccccc3)cc(-c3ccccc3)n2)c1CCC(=O)OC. The summed E-state index contributed by atoms with van der Waals surface area (Å²) in [4.78, 5) is 43.8. The molecule has 1 N–H and O–H groups in total. The Morgan fingerprint density at radius 1 is 0.745 bits per heavy atom. The first-order chi connectivity index (χ1) is 26.8. The molecule has 0 aliphatic heterocycles. The lowest BCUT2D eigenvalue weighted by atomic mass is 9.96. The summed E-state index contributed by atoms with van der Waals surface area (Å²) in [5.41, 5.74) is 6.26. The van der Waals surface area contributed by atoms with Gasteiger partial charge in [-0.15, -0.1) is 0 Å². The van der Waals surface area contributed by atoms with Crippen LogP contribution in [0.1, 0.15) is 75.8 Å². The molecule has 10 nitrogen and oxygen atoms in total. The highest BCUT2D eigenvalue weighted by Gasteiger charge is 2.21. The molecule has 0 spiro atoms. The zero-order chi connectivity index (χ0) is 39.3. The topological polar surface area (TPSA) is 116 Å². The zero-order valence-corrected chi connectivity index (χ0v) is 32.9. The number of rotatable bonds is 24. The maximum atomic E-state index is 13.0. The van der Waals surface area contributed by atoms with E-state index in [0.29, 0.717) is 38.4 Å². The molecule has 0 aliphatic carbocycles. The molecule has 0 radical (unpaired) electrons. The molecule has 0 saturated heterocycles. The Morgan fingerprint density at radius 2 is 1.45 bits per heavy atom. The summed E-state index contributed by atoms with van der Waals surface area (Å²) in [6.45, 7) is 3.02. The molecule has 0 fully saturated rings. The van der Waals surface area contributed by atoms with E-state index in [0.717, 1.165) is 77.8 Å². The van der Waals surface area contributed by atoms with E-state index in [2.05, 4.69) is 41.7 Å². The van der Waals surface area contributed by atoms with Crippen molar-refractivity contribution < 1.29 is 33.3 Å². The van der Waals surface area contributed by atoms with Gasteiger partial charge < -0.3 is 24.3 Å². The summed E-state index contributed by atoms with van der Waals surface area (Å²) >= 11 is 0. The van der Waals surface area contributed by atoms with Gasteiger partial charge in [0.2, 0.25) is 5.88 Å². The van der Waals surface area contributed by atoms with E-state index in [-0.39, 0.29) is 31.3 Å². The highest BCUT2D eigenvalue weighted by molar-refractivity contribution is 5.87. The number of benzene rings is 3. The summed E-state index contributed by atoms with van der Waals surface area (Å²) in [6.07, 6.45) is 6.97. The molecule has 0 saturated carbocycles. The maximum absolute atomic E-state index is 13.0. The number of nitrogens with zero attached hydrogens (tertiary/aromatic N) is 2. The number of pyridine rings is 1. The average molecular weight is 752 g/mol. The summed E-state index contributed by atoms with van der Waals surface area (Å²) in [6, 6.07) is 29.9. The molecular formula is C45H57N3O7. The van der Waals surface area contributed by atoms with Gasteiger partial charge in [-0.05, 0) is 87.0 Å². The van der Waals surface area contributed by atoms with E-state index in [4.69, 9.17) is 23.9 Å². The summed E-state index contributed by atoms with van der Waals surface area (Å²) in [7, 11) is 4.99. The Labute approximate surface area is 326 Å². The van der Waals surface area contributed by atoms with Crippen LogP contribution in [0.4, 0.5) is 4.79 Å². The fraction of sp³-hybridized carbons (Fsp3) is 0.422. The number of hydrogen-bond acceptors (Lipinski definition) is 9. The lowest BCUT2D eigenvalue weighted by molar-refractivity contribution is -0.140. The van der Waals surface area contributed by atoms with E-state index >= 15 is 0 Å². The van der Waals surface area contributed by atoms with Gasteiger partial charge in [0.05, 0.1) is 32.1 Å². The van der Waals surface area contributed by atoms with Crippen LogP contribution in [0.25, 0.3) is 22.4 Å². The molecule has 0 bridgehead atoms. The number of Topliss-reactive ketones (excluding diaryl/α,β-unsaturated/α-hetero) is 1. The van der Waals surface area contributed by atoms with Crippen molar-refractivity contribution in [1.29, 1.82) is 0 Å². The Morgan fingerprint density at radius 3 is 2.16 bits per heavy atom. The van der Waals surface area contributed by atoms with Crippen LogP contribution >= 0.6 is 0 Å². The van der Waals surface area contributed by atoms with E-state index in [1.165, 1.54) is 7.11 Å². The van der Waals surface area contributed by atoms with Gasteiger partial charge in [0.25, 0.3) is 0 Å². The Kier molecular flexibility index (Phi) is 18.2. The van der Waals surface area contributed by atoms with Gasteiger partial charge >= 0.3 is 12.1 Å². The largest absolute Gasteiger partial charge is 0.493 e. The number of carbonyl (C=O) groups is 3. The van der Waals surface area contributed by atoms with E-state index in [9.17, 15) is 14.4 Å². The fourth-order valence-electron chi connectivity index (χ4n) is 6.25. The van der Waals surface area contributed by atoms with Gasteiger partial charge in [-0.2, -0.15) is 0 Å². The molecule has 0 aliphatic rings. The molecule has 4 aromatic rings.